The first-order valence-corrected chi connectivity index (χ1v) is 5.30. The summed E-state index contributed by atoms with van der Waals surface area (Å²) in [5.74, 6) is 0. The Morgan fingerprint density at radius 3 is 2.40 bits per heavy atom. The summed E-state index contributed by atoms with van der Waals surface area (Å²) >= 11 is 0. The fourth-order valence-electron chi connectivity index (χ4n) is 1.67. The Labute approximate surface area is 92.5 Å². The van der Waals surface area contributed by atoms with E-state index in [1.54, 1.807) is 0 Å². The number of nitrogens with two attached hydrogens (primary N) is 1. The second-order valence-electron chi connectivity index (χ2n) is 4.08. The van der Waals surface area contributed by atoms with Crippen LogP contribution in [0.1, 0.15) is 0 Å². The molecule has 0 aromatic rings. The highest BCUT2D eigenvalue weighted by molar-refractivity contribution is 5.26. The second-order valence-corrected chi connectivity index (χ2v) is 4.08. The molecule has 15 heavy (non-hydrogen) atoms. The van der Waals surface area contributed by atoms with Crippen molar-refractivity contribution in [2.45, 2.75) is 0 Å². The summed E-state index contributed by atoms with van der Waals surface area (Å²) < 4.78 is 0. The molecule has 1 rings (SSSR count). The molecular weight excluding hydrogens is 186 g/mol. The molecule has 1 aliphatic heterocycles. The zero-order chi connectivity index (χ0) is 11.3. The summed E-state index contributed by atoms with van der Waals surface area (Å²) in [5, 5.41) is 0. The Balaban J connectivity index is 2.46. The maximum Gasteiger partial charge on any atom is 0.0244 e. The quantitative estimate of drug-likeness (QED) is 0.693. The lowest BCUT2D eigenvalue weighted by molar-refractivity contribution is 0.165. The van der Waals surface area contributed by atoms with Crippen molar-refractivity contribution in [1.29, 1.82) is 0 Å². The molecule has 0 saturated carbocycles. The van der Waals surface area contributed by atoms with Crippen LogP contribution >= 0.6 is 0 Å². The molecule has 0 aromatic carbocycles. The van der Waals surface area contributed by atoms with Crippen LogP contribution in [0.5, 0.6) is 0 Å². The Kier molecular flexibility index (Phi) is 4.59. The minimum Gasteiger partial charge on any atom is -0.399 e. The minimum atomic E-state index is 0.596. The maximum absolute atomic E-state index is 5.55. The predicted octanol–water partition coefficient (Wildman–Crippen LogP) is 0.819. The van der Waals surface area contributed by atoms with E-state index in [9.17, 15) is 0 Å². The van der Waals surface area contributed by atoms with Gasteiger partial charge in [-0.3, -0.25) is 4.90 Å². The highest BCUT2D eigenvalue weighted by atomic mass is 15.2. The van der Waals surface area contributed by atoms with E-state index >= 15 is 0 Å². The third kappa shape index (κ3) is 4.32. The Hall–Kier alpha value is -1.06. The molecule has 1 heterocycles. The van der Waals surface area contributed by atoms with Gasteiger partial charge in [0.1, 0.15) is 0 Å². The number of likely N-dealkylation sites (N-methyl/N-ethyl adjacent to an activating group) is 1. The van der Waals surface area contributed by atoms with Crippen LogP contribution in [0, 0.1) is 0 Å². The number of allylic oxidation sites excluding steroid dienone is 1. The molecular formula is C12H21N3. The monoisotopic (exact) mass is 207 g/mol. The van der Waals surface area contributed by atoms with E-state index in [0.29, 0.717) is 5.70 Å². The first-order chi connectivity index (χ1) is 7.11. The van der Waals surface area contributed by atoms with Crippen LogP contribution in [0.3, 0.4) is 0 Å². The van der Waals surface area contributed by atoms with E-state index in [0.717, 1.165) is 38.3 Å². The van der Waals surface area contributed by atoms with Gasteiger partial charge < -0.3 is 10.6 Å². The maximum atomic E-state index is 5.55. The van der Waals surface area contributed by atoms with E-state index < -0.39 is 0 Å². The van der Waals surface area contributed by atoms with Crippen molar-refractivity contribution in [3.8, 4) is 0 Å². The van der Waals surface area contributed by atoms with Crippen LogP contribution in [0.25, 0.3) is 0 Å². The van der Waals surface area contributed by atoms with Crippen LogP contribution in [0.15, 0.2) is 36.6 Å². The van der Waals surface area contributed by atoms with Gasteiger partial charge >= 0.3 is 0 Å². The molecule has 0 unspecified atom stereocenters. The Bertz CT molecular complexity index is 260. The van der Waals surface area contributed by atoms with E-state index in [1.807, 2.05) is 12.2 Å². The smallest absolute Gasteiger partial charge is 0.0244 e. The van der Waals surface area contributed by atoms with Gasteiger partial charge in [0.15, 0.2) is 0 Å². The lowest BCUT2D eigenvalue weighted by Gasteiger charge is -2.32. The highest BCUT2D eigenvalue weighted by Gasteiger charge is 2.13. The SMILES string of the molecule is C=C/C(=C\C(=C)N)CN1CCN(C)CC1. The van der Waals surface area contributed by atoms with E-state index in [-0.39, 0.29) is 0 Å². The summed E-state index contributed by atoms with van der Waals surface area (Å²) in [7, 11) is 2.16. The molecule has 3 heteroatoms. The number of hydrogen-bond donors (Lipinski definition) is 1. The lowest BCUT2D eigenvalue weighted by atomic mass is 10.2. The zero-order valence-corrected chi connectivity index (χ0v) is 9.58. The first-order valence-electron chi connectivity index (χ1n) is 5.30. The van der Waals surface area contributed by atoms with Crippen LogP contribution in [0.2, 0.25) is 0 Å². The molecule has 0 spiro atoms. The molecule has 0 amide bonds. The molecule has 0 aromatic heterocycles. The highest BCUT2D eigenvalue weighted by Crippen LogP contribution is 2.06. The average Bonchev–Trinajstić information content (AvgIpc) is 2.19. The van der Waals surface area contributed by atoms with E-state index in [1.165, 1.54) is 0 Å². The van der Waals surface area contributed by atoms with Gasteiger partial charge in [0.2, 0.25) is 0 Å². The van der Waals surface area contributed by atoms with Crippen molar-refractivity contribution >= 4 is 0 Å². The van der Waals surface area contributed by atoms with E-state index in [2.05, 4.69) is 30.0 Å². The topological polar surface area (TPSA) is 32.5 Å². The first kappa shape index (κ1) is 12.0. The number of nitrogens with zero attached hydrogens (tertiary/aromatic N) is 2. The summed E-state index contributed by atoms with van der Waals surface area (Å²) in [6.07, 6.45) is 3.75. The molecule has 0 atom stereocenters. The molecule has 0 aliphatic carbocycles. The van der Waals surface area contributed by atoms with Crippen molar-refractivity contribution in [2.75, 3.05) is 39.8 Å². The van der Waals surface area contributed by atoms with E-state index in [4.69, 9.17) is 5.73 Å². The minimum absolute atomic E-state index is 0.596. The largest absolute Gasteiger partial charge is 0.399 e. The summed E-state index contributed by atoms with van der Waals surface area (Å²) in [4.78, 5) is 4.76. The van der Waals surface area contributed by atoms with Gasteiger partial charge in [-0.2, -0.15) is 0 Å². The Morgan fingerprint density at radius 1 is 1.33 bits per heavy atom. The molecule has 0 radical (unpaired) electrons. The molecule has 1 aliphatic rings. The molecule has 3 nitrogen and oxygen atoms in total. The standard InChI is InChI=1S/C12H21N3/c1-4-12(9-11(2)13)10-15-7-5-14(3)6-8-15/h4,9H,1-2,5-8,10,13H2,3H3/b12-9+. The van der Waals surface area contributed by atoms with Crippen LogP contribution in [0.4, 0.5) is 0 Å². The molecule has 0 bridgehead atoms. The fourth-order valence-corrected chi connectivity index (χ4v) is 1.67. The van der Waals surface area contributed by atoms with Gasteiger partial charge in [0, 0.05) is 38.4 Å². The average molecular weight is 207 g/mol. The summed E-state index contributed by atoms with van der Waals surface area (Å²) in [6, 6.07) is 0. The van der Waals surface area contributed by atoms with Crippen molar-refractivity contribution in [3.05, 3.63) is 36.6 Å². The summed E-state index contributed by atoms with van der Waals surface area (Å²) in [6.45, 7) is 12.9. The second kappa shape index (κ2) is 5.73. The summed E-state index contributed by atoms with van der Waals surface area (Å²) in [5.41, 5.74) is 7.29. The Morgan fingerprint density at radius 2 is 1.93 bits per heavy atom. The molecule has 1 saturated heterocycles. The van der Waals surface area contributed by atoms with Gasteiger partial charge in [0.05, 0.1) is 0 Å². The van der Waals surface area contributed by atoms with Gasteiger partial charge in [-0.25, -0.2) is 0 Å². The van der Waals surface area contributed by atoms with Crippen LogP contribution < -0.4 is 5.73 Å². The van der Waals surface area contributed by atoms with Crippen molar-refractivity contribution in [2.24, 2.45) is 5.73 Å². The van der Waals surface area contributed by atoms with Crippen LogP contribution in [-0.4, -0.2) is 49.6 Å². The zero-order valence-electron chi connectivity index (χ0n) is 9.58. The van der Waals surface area contributed by atoms with Gasteiger partial charge in [0.25, 0.3) is 0 Å². The molecule has 2 N–H and O–H groups in total. The molecule has 84 valence electrons. The lowest BCUT2D eigenvalue weighted by Crippen LogP contribution is -2.44. The van der Waals surface area contributed by atoms with Crippen molar-refractivity contribution in [1.82, 2.24) is 9.80 Å². The number of piperazine rings is 1. The van der Waals surface area contributed by atoms with Crippen LogP contribution in [-0.2, 0) is 0 Å². The van der Waals surface area contributed by atoms with Crippen molar-refractivity contribution < 1.29 is 0 Å². The number of rotatable bonds is 4. The van der Waals surface area contributed by atoms with Gasteiger partial charge in [-0.05, 0) is 18.7 Å². The number of hydrogen-bond acceptors (Lipinski definition) is 3. The molecule has 1 fully saturated rings. The normalized spacial score (nSPS) is 20.2. The van der Waals surface area contributed by atoms with Gasteiger partial charge in [-0.15, -0.1) is 0 Å². The predicted molar refractivity (Wildman–Crippen MR) is 65.5 cm³/mol. The fraction of sp³-hybridized carbons (Fsp3) is 0.500. The third-order valence-corrected chi connectivity index (χ3v) is 2.64. The third-order valence-electron chi connectivity index (χ3n) is 2.64. The van der Waals surface area contributed by atoms with Gasteiger partial charge in [-0.1, -0.05) is 19.2 Å². The van der Waals surface area contributed by atoms with Crippen molar-refractivity contribution in [3.63, 3.8) is 0 Å².